The minimum atomic E-state index is -0.827. The molecule has 3 aromatic rings. The van der Waals surface area contributed by atoms with Gasteiger partial charge in [0.25, 0.3) is 0 Å². The second-order valence-electron chi connectivity index (χ2n) is 8.29. The Morgan fingerprint density at radius 3 is 2.53 bits per heavy atom. The summed E-state index contributed by atoms with van der Waals surface area (Å²) in [6.45, 7) is 6.32. The molecule has 34 heavy (non-hydrogen) atoms. The quantitative estimate of drug-likeness (QED) is 0.362. The van der Waals surface area contributed by atoms with Gasteiger partial charge in [0.2, 0.25) is 5.88 Å². The van der Waals surface area contributed by atoms with Crippen molar-refractivity contribution in [2.24, 2.45) is 0 Å². The lowest BCUT2D eigenvalue weighted by Gasteiger charge is -2.18. The zero-order chi connectivity index (χ0) is 24.5. The van der Waals surface area contributed by atoms with Gasteiger partial charge in [-0.1, -0.05) is 43.3 Å². The van der Waals surface area contributed by atoms with Crippen molar-refractivity contribution in [2.45, 2.75) is 52.6 Å². The van der Waals surface area contributed by atoms with Gasteiger partial charge in [-0.2, -0.15) is 0 Å². The van der Waals surface area contributed by atoms with Crippen molar-refractivity contribution in [1.82, 2.24) is 4.98 Å². The number of pyridine rings is 1. The summed E-state index contributed by atoms with van der Waals surface area (Å²) in [6.07, 6.45) is 3.46. The topological polar surface area (TPSA) is 85.7 Å². The smallest absolute Gasteiger partial charge is 0.303 e. The molecule has 0 saturated heterocycles. The lowest BCUT2D eigenvalue weighted by atomic mass is 9.99. The van der Waals surface area contributed by atoms with Crippen LogP contribution < -0.4 is 9.47 Å². The number of carbonyl (C=O) groups is 2. The molecule has 3 rings (SSSR count). The number of ketones is 1. The number of carboxylic acids is 1. The molecule has 6 nitrogen and oxygen atoms in total. The molecule has 1 atom stereocenters. The largest absolute Gasteiger partial charge is 0.490 e. The number of carboxylic acid groups (broad SMARTS) is 1. The van der Waals surface area contributed by atoms with Gasteiger partial charge in [-0.15, -0.1) is 0 Å². The van der Waals surface area contributed by atoms with E-state index in [1.807, 2.05) is 68.4 Å². The molecule has 1 aromatic heterocycles. The fraction of sp³-hybridized carbons (Fsp3) is 0.321. The SMILES string of the molecule is CCc1ccc(O[C@H](C)CCOc2cc(C)c(CCC(=O)O)cn2)c(C(=O)c2ccccc2)c1. The molecule has 0 fully saturated rings. The number of hydrogen-bond donors (Lipinski definition) is 1. The van der Waals surface area contributed by atoms with Crippen molar-refractivity contribution >= 4 is 11.8 Å². The number of ether oxygens (including phenoxy) is 2. The normalized spacial score (nSPS) is 11.6. The maximum atomic E-state index is 13.1. The van der Waals surface area contributed by atoms with Crippen molar-refractivity contribution in [3.05, 3.63) is 88.6 Å². The molecule has 6 heteroatoms. The number of rotatable bonds is 12. The van der Waals surface area contributed by atoms with Crippen LogP contribution in [-0.2, 0) is 17.6 Å². The Balaban J connectivity index is 1.61. The molecule has 0 radical (unpaired) electrons. The van der Waals surface area contributed by atoms with Gasteiger partial charge in [0.05, 0.1) is 18.3 Å². The molecule has 178 valence electrons. The van der Waals surface area contributed by atoms with E-state index in [0.717, 1.165) is 23.1 Å². The number of carbonyl (C=O) groups excluding carboxylic acids is 1. The van der Waals surface area contributed by atoms with Crippen LogP contribution in [0.1, 0.15) is 59.3 Å². The first-order chi connectivity index (χ1) is 16.4. The van der Waals surface area contributed by atoms with Crippen LogP contribution in [0.25, 0.3) is 0 Å². The first-order valence-corrected chi connectivity index (χ1v) is 11.6. The minimum absolute atomic E-state index is 0.0583. The number of benzene rings is 2. The lowest BCUT2D eigenvalue weighted by Crippen LogP contribution is -2.18. The second kappa shape index (κ2) is 12.0. The van der Waals surface area contributed by atoms with Gasteiger partial charge >= 0.3 is 5.97 Å². The summed E-state index contributed by atoms with van der Waals surface area (Å²) in [6, 6.07) is 16.8. The van der Waals surface area contributed by atoms with Crippen molar-refractivity contribution in [2.75, 3.05) is 6.61 Å². The van der Waals surface area contributed by atoms with Crippen LogP contribution in [0.5, 0.6) is 11.6 Å². The van der Waals surface area contributed by atoms with E-state index in [-0.39, 0.29) is 18.3 Å². The zero-order valence-electron chi connectivity index (χ0n) is 19.9. The van der Waals surface area contributed by atoms with Crippen LogP contribution in [0.15, 0.2) is 60.8 Å². The number of hydrogen-bond acceptors (Lipinski definition) is 5. The third-order valence-corrected chi connectivity index (χ3v) is 5.64. The molecule has 0 aliphatic heterocycles. The number of aryl methyl sites for hydroxylation is 3. The third kappa shape index (κ3) is 6.91. The first kappa shape index (κ1) is 25.0. The van der Waals surface area contributed by atoms with Crippen LogP contribution in [0.3, 0.4) is 0 Å². The monoisotopic (exact) mass is 461 g/mol. The summed E-state index contributed by atoms with van der Waals surface area (Å²) >= 11 is 0. The van der Waals surface area contributed by atoms with Crippen LogP contribution >= 0.6 is 0 Å². The third-order valence-electron chi connectivity index (χ3n) is 5.64. The van der Waals surface area contributed by atoms with Gasteiger partial charge in [0.15, 0.2) is 5.78 Å². The van der Waals surface area contributed by atoms with E-state index in [9.17, 15) is 9.59 Å². The van der Waals surface area contributed by atoms with E-state index in [1.54, 1.807) is 6.20 Å². The Morgan fingerprint density at radius 2 is 1.85 bits per heavy atom. The van der Waals surface area contributed by atoms with Crippen LogP contribution in [0.4, 0.5) is 0 Å². The molecule has 1 heterocycles. The minimum Gasteiger partial charge on any atom is -0.490 e. The van der Waals surface area contributed by atoms with Gasteiger partial charge < -0.3 is 14.6 Å². The van der Waals surface area contributed by atoms with Crippen molar-refractivity contribution < 1.29 is 24.2 Å². The molecule has 1 N–H and O–H groups in total. The highest BCUT2D eigenvalue weighted by Crippen LogP contribution is 2.25. The molecular weight excluding hydrogens is 430 g/mol. The standard InChI is InChI=1S/C28H31NO5/c1-4-21-10-12-25(24(17-21)28(32)22-8-6-5-7-9-22)34-20(3)14-15-33-26-16-19(2)23(18-29-26)11-13-27(30)31/h5-10,12,16-18,20H,4,11,13-15H2,1-3H3,(H,30,31)/t20-/m1/s1. The molecular formula is C28H31NO5. The lowest BCUT2D eigenvalue weighted by molar-refractivity contribution is -0.136. The summed E-state index contributed by atoms with van der Waals surface area (Å²) in [5.41, 5.74) is 4.13. The fourth-order valence-corrected chi connectivity index (χ4v) is 3.57. The van der Waals surface area contributed by atoms with E-state index >= 15 is 0 Å². The Labute approximate surface area is 200 Å². The van der Waals surface area contributed by atoms with Crippen molar-refractivity contribution in [3.8, 4) is 11.6 Å². The highest BCUT2D eigenvalue weighted by Gasteiger charge is 2.17. The maximum absolute atomic E-state index is 13.1. The summed E-state index contributed by atoms with van der Waals surface area (Å²) in [7, 11) is 0. The van der Waals surface area contributed by atoms with E-state index in [0.29, 0.717) is 42.2 Å². The average molecular weight is 462 g/mol. The summed E-state index contributed by atoms with van der Waals surface area (Å²) in [5.74, 6) is 0.176. The van der Waals surface area contributed by atoms with Gasteiger partial charge in [-0.25, -0.2) is 4.98 Å². The molecule has 0 amide bonds. The highest BCUT2D eigenvalue weighted by atomic mass is 16.5. The molecule has 0 spiro atoms. The van der Waals surface area contributed by atoms with Crippen LogP contribution in [0, 0.1) is 6.92 Å². The Bertz CT molecular complexity index is 1130. The molecule has 0 unspecified atom stereocenters. The molecule has 0 saturated carbocycles. The molecule has 0 aliphatic rings. The summed E-state index contributed by atoms with van der Waals surface area (Å²) in [4.78, 5) is 28.2. The fourth-order valence-electron chi connectivity index (χ4n) is 3.57. The average Bonchev–Trinajstić information content (AvgIpc) is 2.83. The van der Waals surface area contributed by atoms with Crippen LogP contribution in [-0.4, -0.2) is 34.6 Å². The molecule has 0 aliphatic carbocycles. The van der Waals surface area contributed by atoms with Crippen molar-refractivity contribution in [1.29, 1.82) is 0 Å². The first-order valence-electron chi connectivity index (χ1n) is 11.6. The van der Waals surface area contributed by atoms with E-state index < -0.39 is 5.97 Å². The Morgan fingerprint density at radius 1 is 1.09 bits per heavy atom. The van der Waals surface area contributed by atoms with Gasteiger partial charge in [0.1, 0.15) is 5.75 Å². The molecule has 2 aromatic carbocycles. The van der Waals surface area contributed by atoms with E-state index in [4.69, 9.17) is 14.6 Å². The van der Waals surface area contributed by atoms with Gasteiger partial charge in [0, 0.05) is 30.7 Å². The van der Waals surface area contributed by atoms with E-state index in [1.165, 1.54) is 0 Å². The zero-order valence-corrected chi connectivity index (χ0v) is 19.9. The number of nitrogens with zero attached hydrogens (tertiary/aromatic N) is 1. The number of aliphatic carboxylic acids is 1. The van der Waals surface area contributed by atoms with Gasteiger partial charge in [-0.3, -0.25) is 9.59 Å². The highest BCUT2D eigenvalue weighted by molar-refractivity contribution is 6.10. The van der Waals surface area contributed by atoms with E-state index in [2.05, 4.69) is 11.9 Å². The van der Waals surface area contributed by atoms with Gasteiger partial charge in [-0.05, 0) is 55.5 Å². The maximum Gasteiger partial charge on any atom is 0.303 e. The Kier molecular flexibility index (Phi) is 8.79. The summed E-state index contributed by atoms with van der Waals surface area (Å²) in [5, 5.41) is 8.85. The second-order valence-corrected chi connectivity index (χ2v) is 8.29. The van der Waals surface area contributed by atoms with Crippen molar-refractivity contribution in [3.63, 3.8) is 0 Å². The predicted octanol–water partition coefficient (Wildman–Crippen LogP) is 5.44. The predicted molar refractivity (Wildman–Crippen MR) is 131 cm³/mol. The van der Waals surface area contributed by atoms with Crippen LogP contribution in [0.2, 0.25) is 0 Å². The molecule has 0 bridgehead atoms. The number of aromatic nitrogens is 1. The Hall–Kier alpha value is -3.67. The summed E-state index contributed by atoms with van der Waals surface area (Å²) < 4.78 is 11.9.